The summed E-state index contributed by atoms with van der Waals surface area (Å²) in [5.74, 6) is 0.970. The zero-order valence-corrected chi connectivity index (χ0v) is 17.8. The molecule has 1 aliphatic carbocycles. The van der Waals surface area contributed by atoms with Gasteiger partial charge in [-0.05, 0) is 31.2 Å². The van der Waals surface area contributed by atoms with Crippen molar-refractivity contribution in [3.8, 4) is 0 Å². The average molecular weight is 397 g/mol. The number of likely N-dealkylation sites (tertiary alicyclic amines) is 2. The number of allylic oxidation sites excluding steroid dienone is 1. The number of fused-ring (bicyclic) bond motifs is 1. The molecule has 0 N–H and O–H groups in total. The fraction of sp³-hybridized carbons (Fsp3) is 0.609. The van der Waals surface area contributed by atoms with Crippen molar-refractivity contribution in [3.05, 3.63) is 29.6 Å². The van der Waals surface area contributed by atoms with Crippen molar-refractivity contribution in [3.63, 3.8) is 0 Å². The van der Waals surface area contributed by atoms with Crippen LogP contribution in [0.25, 0.3) is 6.08 Å². The van der Waals surface area contributed by atoms with Gasteiger partial charge in [0.1, 0.15) is 0 Å². The van der Waals surface area contributed by atoms with E-state index in [0.717, 1.165) is 44.5 Å². The maximum absolute atomic E-state index is 13.2. The molecule has 2 fully saturated rings. The minimum absolute atomic E-state index is 0.0538. The molecule has 6 nitrogen and oxygen atoms in total. The summed E-state index contributed by atoms with van der Waals surface area (Å²) in [5.41, 5.74) is 3.58. The number of carbonyl (C=O) groups excluding carboxylic acids is 2. The summed E-state index contributed by atoms with van der Waals surface area (Å²) >= 11 is 0. The Hall–Kier alpha value is -2.37. The molecular weight excluding hydrogens is 364 g/mol. The van der Waals surface area contributed by atoms with Crippen molar-refractivity contribution in [2.45, 2.75) is 45.6 Å². The molecule has 2 saturated heterocycles. The third kappa shape index (κ3) is 3.89. The number of piperidine rings is 2. The highest BCUT2D eigenvalue weighted by molar-refractivity contribution is 5.80. The number of likely N-dealkylation sites (N-methyl/N-ethyl adjacent to an activating group) is 1. The Morgan fingerprint density at radius 1 is 1.14 bits per heavy atom. The number of rotatable bonds is 3. The summed E-state index contributed by atoms with van der Waals surface area (Å²) in [4.78, 5) is 35.6. The normalized spacial score (nSPS) is 24.5. The first-order chi connectivity index (χ1) is 14.0. The highest BCUT2D eigenvalue weighted by atomic mass is 16.2. The molecule has 4 rings (SSSR count). The second kappa shape index (κ2) is 8.17. The minimum atomic E-state index is 0.0538. The van der Waals surface area contributed by atoms with E-state index in [2.05, 4.69) is 47.0 Å². The third-order valence-corrected chi connectivity index (χ3v) is 7.04. The molecule has 6 heteroatoms. The van der Waals surface area contributed by atoms with Gasteiger partial charge in [0, 0.05) is 76.0 Å². The summed E-state index contributed by atoms with van der Waals surface area (Å²) in [6.07, 6.45) is 9.74. The van der Waals surface area contributed by atoms with Crippen LogP contribution in [0, 0.1) is 11.8 Å². The van der Waals surface area contributed by atoms with Crippen molar-refractivity contribution in [1.82, 2.24) is 14.8 Å². The minimum Gasteiger partial charge on any atom is -0.369 e. The van der Waals surface area contributed by atoms with Crippen LogP contribution in [0.4, 0.5) is 5.69 Å². The Kier molecular flexibility index (Phi) is 5.61. The fourth-order valence-electron chi connectivity index (χ4n) is 5.08. The van der Waals surface area contributed by atoms with E-state index in [4.69, 9.17) is 0 Å². The molecule has 1 unspecified atom stereocenters. The van der Waals surface area contributed by atoms with Crippen molar-refractivity contribution in [2.24, 2.45) is 11.8 Å². The van der Waals surface area contributed by atoms with Crippen LogP contribution in [0.3, 0.4) is 0 Å². The Morgan fingerprint density at radius 3 is 2.59 bits per heavy atom. The Morgan fingerprint density at radius 2 is 1.86 bits per heavy atom. The van der Waals surface area contributed by atoms with E-state index in [1.807, 2.05) is 11.1 Å². The van der Waals surface area contributed by atoms with Gasteiger partial charge in [0.15, 0.2) is 0 Å². The third-order valence-electron chi connectivity index (χ3n) is 7.04. The van der Waals surface area contributed by atoms with Gasteiger partial charge in [-0.1, -0.05) is 19.1 Å². The van der Waals surface area contributed by atoms with Crippen LogP contribution < -0.4 is 4.90 Å². The van der Waals surface area contributed by atoms with E-state index in [0.29, 0.717) is 25.0 Å². The molecule has 2 atom stereocenters. The van der Waals surface area contributed by atoms with Gasteiger partial charge in [0.2, 0.25) is 11.8 Å². The SMILES string of the molecule is CC(=O)N1CCC(C(=O)N2CC[C@@H](C)C(N(C)c3ccnc4c3C=CC4)C2)CC1. The molecule has 0 aromatic carbocycles. The van der Waals surface area contributed by atoms with E-state index in [9.17, 15) is 9.59 Å². The van der Waals surface area contributed by atoms with Crippen molar-refractivity contribution >= 4 is 23.6 Å². The number of nitrogens with zero attached hydrogens (tertiary/aromatic N) is 4. The maximum Gasteiger partial charge on any atom is 0.225 e. The van der Waals surface area contributed by atoms with E-state index in [1.54, 1.807) is 6.92 Å². The number of pyridine rings is 1. The summed E-state index contributed by atoms with van der Waals surface area (Å²) in [5, 5.41) is 0. The molecule has 1 aromatic rings. The summed E-state index contributed by atoms with van der Waals surface area (Å²) in [6.45, 7) is 6.92. The summed E-state index contributed by atoms with van der Waals surface area (Å²) in [7, 11) is 2.16. The van der Waals surface area contributed by atoms with Crippen LogP contribution in [0.1, 0.15) is 44.4 Å². The molecule has 0 radical (unpaired) electrons. The molecule has 156 valence electrons. The molecule has 29 heavy (non-hydrogen) atoms. The predicted molar refractivity (Wildman–Crippen MR) is 115 cm³/mol. The second-order valence-electron chi connectivity index (χ2n) is 8.81. The first-order valence-electron chi connectivity index (χ1n) is 10.9. The van der Waals surface area contributed by atoms with Crippen molar-refractivity contribution < 1.29 is 9.59 Å². The zero-order chi connectivity index (χ0) is 20.5. The Labute approximate surface area is 173 Å². The predicted octanol–water partition coefficient (Wildman–Crippen LogP) is 2.58. The molecule has 0 bridgehead atoms. The lowest BCUT2D eigenvalue weighted by Crippen LogP contribution is -2.54. The first kappa shape index (κ1) is 19.9. The molecule has 1 aromatic heterocycles. The molecule has 0 spiro atoms. The van der Waals surface area contributed by atoms with Gasteiger partial charge in [-0.2, -0.15) is 0 Å². The number of anilines is 1. The zero-order valence-electron chi connectivity index (χ0n) is 17.8. The van der Waals surface area contributed by atoms with Gasteiger partial charge in [0.05, 0.1) is 5.69 Å². The van der Waals surface area contributed by atoms with Gasteiger partial charge >= 0.3 is 0 Å². The second-order valence-corrected chi connectivity index (χ2v) is 8.81. The molecule has 2 amide bonds. The quantitative estimate of drug-likeness (QED) is 0.788. The van der Waals surface area contributed by atoms with Gasteiger partial charge in [-0.3, -0.25) is 14.6 Å². The van der Waals surface area contributed by atoms with Crippen LogP contribution in [-0.4, -0.2) is 65.9 Å². The average Bonchev–Trinajstić information content (AvgIpc) is 3.22. The van der Waals surface area contributed by atoms with Crippen LogP contribution in [0.15, 0.2) is 18.3 Å². The van der Waals surface area contributed by atoms with Gasteiger partial charge in [-0.15, -0.1) is 0 Å². The van der Waals surface area contributed by atoms with Crippen molar-refractivity contribution in [1.29, 1.82) is 0 Å². The lowest BCUT2D eigenvalue weighted by molar-refractivity contribution is -0.141. The first-order valence-corrected chi connectivity index (χ1v) is 10.9. The Bertz CT molecular complexity index is 813. The highest BCUT2D eigenvalue weighted by Crippen LogP contribution is 2.33. The monoisotopic (exact) mass is 396 g/mol. The number of hydrogen-bond acceptors (Lipinski definition) is 4. The van der Waals surface area contributed by atoms with Crippen molar-refractivity contribution in [2.75, 3.05) is 38.1 Å². The largest absolute Gasteiger partial charge is 0.369 e. The molecule has 3 aliphatic rings. The number of amides is 2. The summed E-state index contributed by atoms with van der Waals surface area (Å²) in [6, 6.07) is 2.39. The lowest BCUT2D eigenvalue weighted by Gasteiger charge is -2.44. The molecule has 2 aliphatic heterocycles. The van der Waals surface area contributed by atoms with Crippen LogP contribution in [0.2, 0.25) is 0 Å². The van der Waals surface area contributed by atoms with Gasteiger partial charge < -0.3 is 14.7 Å². The van der Waals surface area contributed by atoms with Crippen LogP contribution >= 0.6 is 0 Å². The number of aromatic nitrogens is 1. The lowest BCUT2D eigenvalue weighted by atomic mass is 9.89. The van der Waals surface area contributed by atoms with Gasteiger partial charge in [0.25, 0.3) is 0 Å². The van der Waals surface area contributed by atoms with E-state index in [1.165, 1.54) is 11.3 Å². The Balaban J connectivity index is 1.45. The maximum atomic E-state index is 13.2. The molecule has 3 heterocycles. The number of hydrogen-bond donors (Lipinski definition) is 0. The molecular formula is C23H32N4O2. The standard InChI is InChI=1S/C23H32N4O2/c1-16-8-12-27(23(29)18-9-13-26(14-10-18)17(2)28)15-22(16)25(3)21-7-11-24-20-6-4-5-19(20)21/h4-5,7,11,16,18,22H,6,8-10,12-15H2,1-3H3/t16-,22?/m1/s1. The molecule has 0 saturated carbocycles. The van der Waals surface area contributed by atoms with E-state index < -0.39 is 0 Å². The topological polar surface area (TPSA) is 56.8 Å². The smallest absolute Gasteiger partial charge is 0.225 e. The van der Waals surface area contributed by atoms with E-state index >= 15 is 0 Å². The van der Waals surface area contributed by atoms with Crippen LogP contribution in [0.5, 0.6) is 0 Å². The highest BCUT2D eigenvalue weighted by Gasteiger charge is 2.36. The van der Waals surface area contributed by atoms with Gasteiger partial charge in [-0.25, -0.2) is 0 Å². The summed E-state index contributed by atoms with van der Waals surface area (Å²) < 4.78 is 0. The van der Waals surface area contributed by atoms with Crippen LogP contribution in [-0.2, 0) is 16.0 Å². The number of carbonyl (C=O) groups is 2. The fourth-order valence-corrected chi connectivity index (χ4v) is 5.08. The van der Waals surface area contributed by atoms with E-state index in [-0.39, 0.29) is 17.7 Å².